The van der Waals surface area contributed by atoms with Gasteiger partial charge in [-0.25, -0.2) is 0 Å². The summed E-state index contributed by atoms with van der Waals surface area (Å²) in [5, 5.41) is 2.45. The van der Waals surface area contributed by atoms with Gasteiger partial charge in [-0.1, -0.05) is 42.4 Å². The Kier molecular flexibility index (Phi) is 4.67. The number of aromatic nitrogens is 2. The summed E-state index contributed by atoms with van der Waals surface area (Å²) >= 11 is 8.15. The predicted octanol–water partition coefficient (Wildman–Crippen LogP) is 5.73. The Morgan fingerprint density at radius 1 is 1.10 bits per heavy atom. The molecule has 2 aliphatic heterocycles. The molecule has 4 heterocycles. The number of rotatable bonds is 3. The quantitative estimate of drug-likeness (QED) is 0.540. The van der Waals surface area contributed by atoms with Gasteiger partial charge < -0.3 is 9.47 Å². The Morgan fingerprint density at radius 3 is 2.72 bits per heavy atom. The summed E-state index contributed by atoms with van der Waals surface area (Å²) in [6, 6.07) is 16.6. The molecule has 4 nitrogen and oxygen atoms in total. The van der Waals surface area contributed by atoms with Crippen molar-refractivity contribution < 1.29 is 0 Å². The van der Waals surface area contributed by atoms with Crippen LogP contribution in [0.3, 0.4) is 0 Å². The van der Waals surface area contributed by atoms with Crippen molar-refractivity contribution in [2.24, 2.45) is 4.99 Å². The van der Waals surface area contributed by atoms with Crippen LogP contribution in [0.4, 0.5) is 0 Å². The molecule has 0 aliphatic carbocycles. The molecule has 0 radical (unpaired) electrons. The zero-order valence-corrected chi connectivity index (χ0v) is 18.3. The van der Waals surface area contributed by atoms with Gasteiger partial charge in [0.2, 0.25) is 0 Å². The molecule has 2 aliphatic rings. The van der Waals surface area contributed by atoms with Crippen molar-refractivity contribution in [2.75, 3.05) is 6.54 Å². The van der Waals surface area contributed by atoms with Gasteiger partial charge in [0.1, 0.15) is 6.04 Å². The molecule has 0 N–H and O–H groups in total. The molecule has 6 heteroatoms. The zero-order chi connectivity index (χ0) is 20.1. The zero-order valence-electron chi connectivity index (χ0n) is 16.7. The molecular formula is C23H23ClN4S. The number of thioether (sulfide) groups is 1. The SMILES string of the molecule is Cc1cc(C2C(c3ccccn3)N=C3SC(C)CN32)c(C)n1-c1cccc(Cl)c1. The topological polar surface area (TPSA) is 33.4 Å². The molecule has 0 bridgehead atoms. The summed E-state index contributed by atoms with van der Waals surface area (Å²) in [5.74, 6) is 0. The molecule has 29 heavy (non-hydrogen) atoms. The fraction of sp³-hybridized carbons (Fsp3) is 0.304. The van der Waals surface area contributed by atoms with Crippen molar-refractivity contribution in [2.45, 2.75) is 38.1 Å². The van der Waals surface area contributed by atoms with Crippen molar-refractivity contribution in [3.05, 3.63) is 82.4 Å². The summed E-state index contributed by atoms with van der Waals surface area (Å²) < 4.78 is 2.29. The second-order valence-corrected chi connectivity index (χ2v) is 9.62. The van der Waals surface area contributed by atoms with Crippen LogP contribution in [0, 0.1) is 13.8 Å². The number of pyridine rings is 1. The van der Waals surface area contributed by atoms with E-state index in [0.29, 0.717) is 5.25 Å². The molecule has 1 fully saturated rings. The van der Waals surface area contributed by atoms with E-state index in [1.807, 2.05) is 48.3 Å². The van der Waals surface area contributed by atoms with Gasteiger partial charge in [-0.15, -0.1) is 0 Å². The Balaban J connectivity index is 1.63. The largest absolute Gasteiger partial charge is 0.341 e. The van der Waals surface area contributed by atoms with Crippen molar-refractivity contribution in [1.82, 2.24) is 14.5 Å². The summed E-state index contributed by atoms with van der Waals surface area (Å²) in [7, 11) is 0. The molecular weight excluding hydrogens is 400 g/mol. The first kappa shape index (κ1) is 18.8. The third-order valence-electron chi connectivity index (χ3n) is 5.74. The Labute approximate surface area is 180 Å². The smallest absolute Gasteiger partial charge is 0.160 e. The third kappa shape index (κ3) is 3.17. The first-order valence-corrected chi connectivity index (χ1v) is 11.2. The van der Waals surface area contributed by atoms with Crippen LogP contribution in [0.5, 0.6) is 0 Å². The van der Waals surface area contributed by atoms with Crippen LogP contribution in [0.2, 0.25) is 5.02 Å². The average molecular weight is 423 g/mol. The minimum atomic E-state index is 0.0134. The van der Waals surface area contributed by atoms with E-state index >= 15 is 0 Å². The highest BCUT2D eigenvalue weighted by molar-refractivity contribution is 8.14. The fourth-order valence-corrected chi connectivity index (χ4v) is 5.83. The predicted molar refractivity (Wildman–Crippen MR) is 121 cm³/mol. The minimum absolute atomic E-state index is 0.0134. The molecule has 0 saturated carbocycles. The Morgan fingerprint density at radius 2 is 1.97 bits per heavy atom. The van der Waals surface area contributed by atoms with Crippen molar-refractivity contribution >= 4 is 28.5 Å². The molecule has 5 rings (SSSR count). The maximum absolute atomic E-state index is 6.27. The minimum Gasteiger partial charge on any atom is -0.341 e. The maximum atomic E-state index is 6.27. The number of amidine groups is 1. The number of fused-ring (bicyclic) bond motifs is 1. The highest BCUT2D eigenvalue weighted by atomic mass is 35.5. The molecule has 2 aromatic heterocycles. The van der Waals surface area contributed by atoms with E-state index in [2.05, 4.69) is 53.4 Å². The van der Waals surface area contributed by atoms with Gasteiger partial charge in [0, 0.05) is 40.1 Å². The molecule has 3 unspecified atom stereocenters. The van der Waals surface area contributed by atoms with E-state index in [0.717, 1.165) is 28.1 Å². The number of hydrogen-bond acceptors (Lipinski definition) is 4. The van der Waals surface area contributed by atoms with Gasteiger partial charge in [0.05, 0.1) is 11.7 Å². The molecule has 3 aromatic rings. The van der Waals surface area contributed by atoms with Crippen LogP contribution in [0.15, 0.2) is 59.7 Å². The number of aryl methyl sites for hydroxylation is 1. The summed E-state index contributed by atoms with van der Waals surface area (Å²) in [4.78, 5) is 12.2. The van der Waals surface area contributed by atoms with Crippen LogP contribution >= 0.6 is 23.4 Å². The standard InChI is InChI=1S/C23H23ClN4S/c1-14-11-19(16(3)28(14)18-8-6-7-17(24)12-18)22-21(20-9-4-5-10-25-20)26-23-27(22)13-15(2)29-23/h4-12,15,21-22H,13H2,1-3H3. The van der Waals surface area contributed by atoms with Crippen LogP contribution in [-0.2, 0) is 0 Å². The lowest BCUT2D eigenvalue weighted by Crippen LogP contribution is -2.28. The van der Waals surface area contributed by atoms with E-state index in [9.17, 15) is 0 Å². The molecule has 148 valence electrons. The first-order chi connectivity index (χ1) is 14.0. The van der Waals surface area contributed by atoms with Gasteiger partial charge in [0.25, 0.3) is 0 Å². The van der Waals surface area contributed by atoms with Crippen LogP contribution in [-0.4, -0.2) is 31.4 Å². The molecule has 3 atom stereocenters. The maximum Gasteiger partial charge on any atom is 0.160 e. The van der Waals surface area contributed by atoms with E-state index in [1.54, 1.807) is 0 Å². The normalized spacial score (nSPS) is 23.4. The van der Waals surface area contributed by atoms with E-state index in [4.69, 9.17) is 16.6 Å². The fourth-order valence-electron chi connectivity index (χ4n) is 4.55. The van der Waals surface area contributed by atoms with Gasteiger partial charge in [0.15, 0.2) is 5.17 Å². The molecule has 1 aromatic carbocycles. The highest BCUT2D eigenvalue weighted by Gasteiger charge is 2.44. The number of halogens is 1. The van der Waals surface area contributed by atoms with Gasteiger partial charge in [-0.05, 0) is 55.8 Å². The molecule has 1 saturated heterocycles. The van der Waals surface area contributed by atoms with Crippen LogP contribution in [0.1, 0.15) is 41.7 Å². The number of benzene rings is 1. The number of aliphatic imine (C=N–C) groups is 1. The van der Waals surface area contributed by atoms with Crippen molar-refractivity contribution in [3.8, 4) is 5.69 Å². The Bertz CT molecular complexity index is 1090. The second kappa shape index (κ2) is 7.22. The van der Waals surface area contributed by atoms with E-state index in [-0.39, 0.29) is 12.1 Å². The molecule has 0 spiro atoms. The third-order valence-corrected chi connectivity index (χ3v) is 7.07. The van der Waals surface area contributed by atoms with Crippen molar-refractivity contribution in [1.29, 1.82) is 0 Å². The van der Waals surface area contributed by atoms with Crippen LogP contribution < -0.4 is 0 Å². The highest BCUT2D eigenvalue weighted by Crippen LogP contribution is 2.48. The van der Waals surface area contributed by atoms with E-state index in [1.165, 1.54) is 17.0 Å². The lowest BCUT2D eigenvalue weighted by atomic mass is 9.96. The number of nitrogens with zero attached hydrogens (tertiary/aromatic N) is 4. The first-order valence-electron chi connectivity index (χ1n) is 9.89. The lowest BCUT2D eigenvalue weighted by molar-refractivity contribution is 0.320. The molecule has 0 amide bonds. The van der Waals surface area contributed by atoms with Gasteiger partial charge in [-0.3, -0.25) is 9.98 Å². The summed E-state index contributed by atoms with van der Waals surface area (Å²) in [5.41, 5.74) is 5.87. The average Bonchev–Trinajstić information content (AvgIpc) is 3.32. The monoisotopic (exact) mass is 422 g/mol. The number of hydrogen-bond donors (Lipinski definition) is 0. The summed E-state index contributed by atoms with van der Waals surface area (Å²) in [6.07, 6.45) is 1.86. The van der Waals surface area contributed by atoms with Gasteiger partial charge in [-0.2, -0.15) is 0 Å². The second-order valence-electron chi connectivity index (χ2n) is 7.78. The van der Waals surface area contributed by atoms with E-state index < -0.39 is 0 Å². The van der Waals surface area contributed by atoms with Crippen molar-refractivity contribution in [3.63, 3.8) is 0 Å². The lowest BCUT2D eigenvalue weighted by Gasteiger charge is -2.27. The summed E-state index contributed by atoms with van der Waals surface area (Å²) in [6.45, 7) is 7.64. The Hall–Kier alpha value is -2.24. The van der Waals surface area contributed by atoms with Crippen LogP contribution in [0.25, 0.3) is 5.69 Å². The van der Waals surface area contributed by atoms with Gasteiger partial charge >= 0.3 is 0 Å².